The van der Waals surface area contributed by atoms with Crippen LogP contribution in [0.3, 0.4) is 0 Å². The quantitative estimate of drug-likeness (QED) is 0.0110. The Kier molecular flexibility index (Phi) is 30.6. The molecule has 578 valence electrons. The van der Waals surface area contributed by atoms with Crippen molar-refractivity contribution in [2.45, 2.75) is 148 Å². The van der Waals surface area contributed by atoms with E-state index in [-0.39, 0.29) is 106 Å². The van der Waals surface area contributed by atoms with Gasteiger partial charge >= 0.3 is 64.9 Å². The summed E-state index contributed by atoms with van der Waals surface area (Å²) in [6, 6.07) is 63.6. The van der Waals surface area contributed by atoms with Crippen molar-refractivity contribution in [2.24, 2.45) is 5.41 Å². The average molecular weight is 1620 g/mol. The third-order valence-electron chi connectivity index (χ3n) is 21.3. The fraction of sp³-hybridized carbons (Fsp3) is 0.330. The summed E-state index contributed by atoms with van der Waals surface area (Å²) in [5.74, 6) is 2.45. The van der Waals surface area contributed by atoms with Crippen LogP contribution in [0.2, 0.25) is 0 Å². The average Bonchev–Trinajstić information content (AvgIpc) is 1.63. The maximum Gasteiger partial charge on any atom is 1.00 e. The van der Waals surface area contributed by atoms with Gasteiger partial charge in [-0.15, -0.1) is 0 Å². The summed E-state index contributed by atoms with van der Waals surface area (Å²) in [5, 5.41) is 2.47. The smallest absolute Gasteiger partial charge is 1.00 e. The molecular formula is C91H101BBrF4KN4O8S. The Bertz CT molecular complexity index is 4980. The number of esters is 1. The van der Waals surface area contributed by atoms with E-state index in [4.69, 9.17) is 18.9 Å². The van der Waals surface area contributed by atoms with Crippen LogP contribution < -0.4 is 97.1 Å². The minimum atomic E-state index is -4.62. The minimum absolute atomic E-state index is 0. The number of anilines is 2. The van der Waals surface area contributed by atoms with E-state index < -0.39 is 23.1 Å². The van der Waals surface area contributed by atoms with Crippen LogP contribution in [0.5, 0.6) is 17.2 Å². The van der Waals surface area contributed by atoms with Crippen molar-refractivity contribution in [2.75, 3.05) is 56.4 Å². The Morgan fingerprint density at radius 2 is 1.19 bits per heavy atom. The van der Waals surface area contributed by atoms with E-state index in [1.54, 1.807) is 13.2 Å². The van der Waals surface area contributed by atoms with Crippen molar-refractivity contribution in [1.29, 1.82) is 0 Å². The van der Waals surface area contributed by atoms with Crippen LogP contribution in [0.15, 0.2) is 264 Å². The number of fused-ring (bicyclic) bond motifs is 6. The van der Waals surface area contributed by atoms with Gasteiger partial charge in [0.2, 0.25) is 11.4 Å². The molecular weight excluding hydrogens is 1510 g/mol. The summed E-state index contributed by atoms with van der Waals surface area (Å²) in [7, 11) is -6.65. The molecule has 0 atom stereocenters. The van der Waals surface area contributed by atoms with E-state index >= 15 is 0 Å². The van der Waals surface area contributed by atoms with Crippen LogP contribution in [0.1, 0.15) is 143 Å². The van der Waals surface area contributed by atoms with E-state index in [9.17, 15) is 30.7 Å². The van der Waals surface area contributed by atoms with Gasteiger partial charge in [0.25, 0.3) is 0 Å². The Hall–Kier alpha value is -7.92. The molecule has 0 aromatic heterocycles. The maximum absolute atomic E-state index is 12.0. The Balaban J connectivity index is 0.000000260. The summed E-state index contributed by atoms with van der Waals surface area (Å²) in [5.41, 5.74) is 17.2. The van der Waals surface area contributed by atoms with Gasteiger partial charge in [0, 0.05) is 87.5 Å². The topological polar surface area (TPSA) is 124 Å². The van der Waals surface area contributed by atoms with Gasteiger partial charge in [-0.25, -0.2) is 8.42 Å². The van der Waals surface area contributed by atoms with Gasteiger partial charge in [-0.2, -0.15) is 9.15 Å². The number of methoxy groups -OCH3 is 1. The normalized spacial score (nSPS) is 17.5. The van der Waals surface area contributed by atoms with Crippen LogP contribution in [0.4, 0.5) is 35.7 Å². The number of carbonyl (C=O) groups is 1. The Morgan fingerprint density at radius 1 is 0.586 bits per heavy atom. The van der Waals surface area contributed by atoms with Crippen molar-refractivity contribution in [3.8, 4) is 17.2 Å². The number of hydrogen-bond acceptors (Lipinski definition) is 10. The molecule has 12 nitrogen and oxygen atoms in total. The van der Waals surface area contributed by atoms with Gasteiger partial charge in [0.15, 0.2) is 24.5 Å². The number of halogens is 5. The predicted molar refractivity (Wildman–Crippen MR) is 431 cm³/mol. The zero-order valence-electron chi connectivity index (χ0n) is 66.1. The summed E-state index contributed by atoms with van der Waals surface area (Å²) in [4.78, 5) is 16.6. The SMILES string of the molecule is CC1(C)CC(/C=C2/N(CCOc3ccccc3)c3ccccc3C2(C)C)=CC(=C/C2=[N+](CCOc3ccccc3)c3ccccc3C2(C)C)/C1.CCOC(=O)CCCCCN1/C(=C/C=C/C=C/C2=[N+](Cc3ccc(OC)cc3)c3ccc(S(=O)(=O)[O-])cc3C2(C)C)C(C)(C)c2c1ccc1ccccc21.FB(F)F.[Br-].[F-].[K+]. The first kappa shape index (κ1) is 88.6. The number of rotatable bonds is 24. The molecule has 0 spiro atoms. The molecule has 0 N–H and O–H groups in total. The fourth-order valence-corrected chi connectivity index (χ4v) is 16.7. The molecule has 4 aliphatic heterocycles. The molecule has 8 aromatic rings. The van der Waals surface area contributed by atoms with E-state index in [2.05, 4.69) is 210 Å². The molecule has 111 heavy (non-hydrogen) atoms. The van der Waals surface area contributed by atoms with Crippen molar-refractivity contribution in [3.63, 3.8) is 0 Å². The molecule has 0 bridgehead atoms. The van der Waals surface area contributed by atoms with Gasteiger partial charge < -0.3 is 55.0 Å². The number of unbranched alkanes of at least 4 members (excludes halogenated alkanes) is 2. The summed E-state index contributed by atoms with van der Waals surface area (Å²) >= 11 is 0. The van der Waals surface area contributed by atoms with E-state index in [1.807, 2.05) is 104 Å². The van der Waals surface area contributed by atoms with Gasteiger partial charge in [0.05, 0.1) is 36.0 Å². The number of carbonyl (C=O) groups excluding carboxylic acids is 1. The van der Waals surface area contributed by atoms with Gasteiger partial charge in [-0.1, -0.05) is 175 Å². The molecule has 4 heterocycles. The third-order valence-corrected chi connectivity index (χ3v) is 22.2. The van der Waals surface area contributed by atoms with E-state index in [0.29, 0.717) is 32.8 Å². The third kappa shape index (κ3) is 20.7. The fourth-order valence-electron chi connectivity index (χ4n) is 16.2. The molecule has 8 aromatic carbocycles. The zero-order chi connectivity index (χ0) is 77.2. The van der Waals surface area contributed by atoms with Crippen molar-refractivity contribution in [3.05, 3.63) is 287 Å². The minimum Gasteiger partial charge on any atom is -1.00 e. The number of allylic oxidation sites excluding steroid dienone is 12. The number of ether oxygens (including phenoxy) is 4. The van der Waals surface area contributed by atoms with Gasteiger partial charge in [-0.05, 0) is 184 Å². The molecule has 0 amide bonds. The molecule has 5 aliphatic rings. The molecule has 0 radical (unpaired) electrons. The molecule has 20 heteroatoms. The first-order valence-corrected chi connectivity index (χ1v) is 38.9. The number of nitrogens with zero attached hydrogens (tertiary/aromatic N) is 4. The molecule has 0 fully saturated rings. The number of benzene rings is 8. The molecule has 13 rings (SSSR count). The molecule has 0 saturated carbocycles. The monoisotopic (exact) mass is 1610 g/mol. The van der Waals surface area contributed by atoms with Crippen LogP contribution in [-0.4, -0.2) is 93.6 Å². The van der Waals surface area contributed by atoms with Gasteiger partial charge in [-0.3, -0.25) is 17.7 Å². The van der Waals surface area contributed by atoms with Gasteiger partial charge in [0.1, 0.15) is 40.6 Å². The van der Waals surface area contributed by atoms with Crippen molar-refractivity contribution >= 4 is 68.6 Å². The first-order valence-electron chi connectivity index (χ1n) is 37.5. The molecule has 0 saturated heterocycles. The standard InChI is InChI=1S/C46H51N2O2.C45H50N2O6S.BF3.BrH.FH.K/c1-44(2)32-34(30-42-45(3,4)38-21-13-15-23-40(38)47(42)25-27-49-36-17-9-7-10-18-36)29-35(33-44)31-43-46(5,6)39-22-14-16-24-41(39)48(43)26-28-50-37-19-11-8-12-20-37;1-7-53-42(48)20-12-9-15-29-46-39-27-23-33-16-13-14-17-36(33)43(39)45(4,5)41(46)19-11-8-10-18-40-44(2,3)37-30-35(54(49,50)51)26-28-38(37)47(40)31-32-21-24-34(52-6)25-22-32;2-1(3)4;;;/h7-24,29-31H,25-28,32-33H2,1-6H3;8,10-11,13-14,16-19,21-28,30H,7,9,12,15,20,29,31H2,1-6H3;;2*1H;/q+1;;;;;+1/p-2. The second kappa shape index (κ2) is 38.3. The number of para-hydroxylation sites is 4. The maximum atomic E-state index is 12.0. The van der Waals surface area contributed by atoms with Crippen LogP contribution in [0.25, 0.3) is 10.8 Å². The Morgan fingerprint density at radius 3 is 1.86 bits per heavy atom. The second-order valence-electron chi connectivity index (χ2n) is 31.0. The first-order chi connectivity index (χ1) is 51.5. The molecule has 0 unspecified atom stereocenters. The zero-order valence-corrected chi connectivity index (χ0v) is 71.7. The summed E-state index contributed by atoms with van der Waals surface area (Å²) in [6.45, 7) is 29.4. The largest absolute Gasteiger partial charge is 1.00 e. The predicted octanol–water partition coefficient (Wildman–Crippen LogP) is 11.7. The number of hydrogen-bond donors (Lipinski definition) is 0. The molecule has 1 aliphatic carbocycles. The van der Waals surface area contributed by atoms with E-state index in [1.165, 1.54) is 84.9 Å². The van der Waals surface area contributed by atoms with Crippen LogP contribution >= 0.6 is 0 Å². The van der Waals surface area contributed by atoms with Crippen LogP contribution in [-0.2, 0) is 47.9 Å². The summed E-state index contributed by atoms with van der Waals surface area (Å²) < 4.78 is 92.6. The van der Waals surface area contributed by atoms with Crippen LogP contribution in [0, 0.1) is 5.41 Å². The summed E-state index contributed by atoms with van der Waals surface area (Å²) in [6.07, 6.45) is 23.0. The van der Waals surface area contributed by atoms with Crippen molar-refractivity contribution in [1.82, 2.24) is 0 Å². The van der Waals surface area contributed by atoms with Crippen molar-refractivity contribution < 1.29 is 132 Å². The Labute approximate surface area is 707 Å². The van der Waals surface area contributed by atoms with E-state index in [0.717, 1.165) is 91.5 Å². The second-order valence-corrected chi connectivity index (χ2v) is 32.4.